The van der Waals surface area contributed by atoms with E-state index in [2.05, 4.69) is 0 Å². The Morgan fingerprint density at radius 3 is 2.38 bits per heavy atom. The molecule has 3 heteroatoms. The molecule has 0 saturated carbocycles. The molecule has 0 atom stereocenters. The van der Waals surface area contributed by atoms with E-state index in [-0.39, 0.29) is 11.4 Å². The average molecular weight is 206 g/mol. The van der Waals surface area contributed by atoms with Crippen molar-refractivity contribution in [3.63, 3.8) is 0 Å². The average Bonchev–Trinajstić information content (AvgIpc) is 2.64. The molecule has 0 heterocycles. The Morgan fingerprint density at radius 2 is 1.75 bits per heavy atom. The van der Waals surface area contributed by atoms with Gasteiger partial charge in [0, 0.05) is 5.56 Å². The van der Waals surface area contributed by atoms with E-state index < -0.39 is 0 Å². The van der Waals surface area contributed by atoms with E-state index in [0.29, 0.717) is 11.1 Å². The molecule has 0 saturated heterocycles. The second kappa shape index (κ2) is 3.84. The fraction of sp³-hybridized carbons (Fsp3) is 0. The summed E-state index contributed by atoms with van der Waals surface area (Å²) in [4.78, 5) is 11.6. The zero-order valence-electron chi connectivity index (χ0n) is 8.27. The maximum Gasteiger partial charge on any atom is 0.187 e. The summed E-state index contributed by atoms with van der Waals surface area (Å²) >= 11 is 0. The van der Waals surface area contributed by atoms with E-state index in [1.165, 1.54) is 12.2 Å². The standard InChI is InChI=1S/C13H6N2O/c14-7-9(8-15)5-10-6-13(16)12-4-2-1-3-11(10)12/h1-6H. The van der Waals surface area contributed by atoms with Crippen LogP contribution in [0.3, 0.4) is 0 Å². The molecule has 0 aliphatic heterocycles. The van der Waals surface area contributed by atoms with Crippen LogP contribution < -0.4 is 0 Å². The number of nitriles is 2. The van der Waals surface area contributed by atoms with Gasteiger partial charge in [-0.1, -0.05) is 24.3 Å². The topological polar surface area (TPSA) is 64.7 Å². The number of ketones is 1. The summed E-state index contributed by atoms with van der Waals surface area (Å²) in [6.45, 7) is 0. The second-order valence-electron chi connectivity index (χ2n) is 3.29. The molecule has 1 aromatic rings. The van der Waals surface area contributed by atoms with Crippen LogP contribution in [0.5, 0.6) is 0 Å². The van der Waals surface area contributed by atoms with Crippen LogP contribution in [0.1, 0.15) is 15.9 Å². The number of nitrogens with zero attached hydrogens (tertiary/aromatic N) is 2. The minimum Gasteiger partial charge on any atom is -0.289 e. The molecule has 0 fully saturated rings. The van der Waals surface area contributed by atoms with Crippen LogP contribution in [0.15, 0.2) is 42.0 Å². The summed E-state index contributed by atoms with van der Waals surface area (Å²) in [7, 11) is 0. The van der Waals surface area contributed by atoms with Crippen molar-refractivity contribution in [1.29, 1.82) is 10.5 Å². The van der Waals surface area contributed by atoms with Gasteiger partial charge >= 0.3 is 0 Å². The summed E-state index contributed by atoms with van der Waals surface area (Å²) in [5.41, 5.74) is 2.01. The molecule has 1 aliphatic rings. The highest BCUT2D eigenvalue weighted by molar-refractivity contribution is 6.18. The lowest BCUT2D eigenvalue weighted by Crippen LogP contribution is -1.89. The van der Waals surface area contributed by atoms with Gasteiger partial charge < -0.3 is 0 Å². The van der Waals surface area contributed by atoms with Crippen molar-refractivity contribution in [1.82, 2.24) is 0 Å². The number of hydrogen-bond acceptors (Lipinski definition) is 3. The molecular weight excluding hydrogens is 200 g/mol. The van der Waals surface area contributed by atoms with E-state index in [1.54, 1.807) is 30.3 Å². The van der Waals surface area contributed by atoms with Gasteiger partial charge in [0.2, 0.25) is 0 Å². The lowest BCUT2D eigenvalue weighted by Gasteiger charge is -1.98. The Hall–Kier alpha value is -2.65. The van der Waals surface area contributed by atoms with Crippen molar-refractivity contribution < 1.29 is 4.79 Å². The van der Waals surface area contributed by atoms with Crippen LogP contribution in [0.25, 0.3) is 5.57 Å². The molecule has 0 unspecified atom stereocenters. The smallest absolute Gasteiger partial charge is 0.187 e. The predicted octanol–water partition coefficient (Wildman–Crippen LogP) is 2.24. The molecule has 0 amide bonds. The second-order valence-corrected chi connectivity index (χ2v) is 3.29. The van der Waals surface area contributed by atoms with Gasteiger partial charge in [-0.2, -0.15) is 10.5 Å². The third kappa shape index (κ3) is 1.51. The molecule has 16 heavy (non-hydrogen) atoms. The van der Waals surface area contributed by atoms with Crippen LogP contribution in [-0.4, -0.2) is 5.78 Å². The number of benzene rings is 1. The van der Waals surface area contributed by atoms with Crippen LogP contribution in [0.4, 0.5) is 0 Å². The summed E-state index contributed by atoms with van der Waals surface area (Å²) in [6, 6.07) is 10.7. The first kappa shape index (κ1) is 9.89. The van der Waals surface area contributed by atoms with Gasteiger partial charge in [-0.25, -0.2) is 0 Å². The minimum atomic E-state index is -0.0860. The van der Waals surface area contributed by atoms with Crippen LogP contribution in [0, 0.1) is 22.7 Å². The normalized spacial score (nSPS) is 12.1. The first-order chi connectivity index (χ1) is 7.76. The lowest BCUT2D eigenvalue weighted by atomic mass is 10.0. The molecule has 1 aliphatic carbocycles. The van der Waals surface area contributed by atoms with Gasteiger partial charge in [0.1, 0.15) is 17.7 Å². The van der Waals surface area contributed by atoms with Gasteiger partial charge in [0.25, 0.3) is 0 Å². The monoisotopic (exact) mass is 206 g/mol. The predicted molar refractivity (Wildman–Crippen MR) is 58.1 cm³/mol. The van der Waals surface area contributed by atoms with E-state index in [4.69, 9.17) is 10.5 Å². The van der Waals surface area contributed by atoms with E-state index >= 15 is 0 Å². The van der Waals surface area contributed by atoms with E-state index in [9.17, 15) is 4.79 Å². The van der Waals surface area contributed by atoms with Gasteiger partial charge in [0.15, 0.2) is 5.78 Å². The molecule has 74 valence electrons. The molecule has 0 bridgehead atoms. The highest BCUT2D eigenvalue weighted by atomic mass is 16.1. The van der Waals surface area contributed by atoms with Crippen molar-refractivity contribution >= 4 is 11.4 Å². The number of carbonyl (C=O) groups excluding carboxylic acids is 1. The van der Waals surface area contributed by atoms with Gasteiger partial charge in [-0.15, -0.1) is 0 Å². The molecule has 0 spiro atoms. The molecule has 3 nitrogen and oxygen atoms in total. The van der Waals surface area contributed by atoms with Gasteiger partial charge in [-0.3, -0.25) is 4.79 Å². The number of hydrogen-bond donors (Lipinski definition) is 0. The maximum absolute atomic E-state index is 11.6. The Morgan fingerprint density at radius 1 is 1.12 bits per heavy atom. The van der Waals surface area contributed by atoms with Gasteiger partial charge in [-0.05, 0) is 23.3 Å². The zero-order valence-corrected chi connectivity index (χ0v) is 8.27. The number of fused-ring (bicyclic) bond motifs is 1. The quantitative estimate of drug-likeness (QED) is 0.662. The van der Waals surface area contributed by atoms with Crippen LogP contribution in [-0.2, 0) is 0 Å². The van der Waals surface area contributed by atoms with Crippen molar-refractivity contribution in [3.8, 4) is 12.1 Å². The third-order valence-corrected chi connectivity index (χ3v) is 2.33. The number of allylic oxidation sites excluding steroid dienone is 4. The minimum absolute atomic E-state index is 0.00393. The van der Waals surface area contributed by atoms with Crippen molar-refractivity contribution in [3.05, 3.63) is 53.1 Å². The molecule has 2 rings (SSSR count). The van der Waals surface area contributed by atoms with Crippen LogP contribution >= 0.6 is 0 Å². The fourth-order valence-electron chi connectivity index (χ4n) is 1.61. The highest BCUT2D eigenvalue weighted by Gasteiger charge is 2.19. The molecule has 1 aromatic carbocycles. The molecular formula is C13H6N2O. The van der Waals surface area contributed by atoms with Crippen molar-refractivity contribution in [2.75, 3.05) is 0 Å². The summed E-state index contributed by atoms with van der Waals surface area (Å²) in [6.07, 6.45) is 2.88. The molecule has 0 aromatic heterocycles. The summed E-state index contributed by atoms with van der Waals surface area (Å²) in [5.74, 6) is -0.0860. The lowest BCUT2D eigenvalue weighted by molar-refractivity contribution is 0.105. The Labute approximate surface area is 92.5 Å². The largest absolute Gasteiger partial charge is 0.289 e. The number of rotatable bonds is 1. The highest BCUT2D eigenvalue weighted by Crippen LogP contribution is 2.28. The zero-order chi connectivity index (χ0) is 11.5. The number of carbonyl (C=O) groups is 1. The maximum atomic E-state index is 11.6. The van der Waals surface area contributed by atoms with E-state index in [0.717, 1.165) is 5.56 Å². The summed E-state index contributed by atoms with van der Waals surface area (Å²) < 4.78 is 0. The molecule has 0 radical (unpaired) electrons. The van der Waals surface area contributed by atoms with Crippen LogP contribution in [0.2, 0.25) is 0 Å². The Bertz CT molecular complexity index is 594. The summed E-state index contributed by atoms with van der Waals surface area (Å²) in [5, 5.41) is 17.3. The van der Waals surface area contributed by atoms with Gasteiger partial charge in [0.05, 0.1) is 0 Å². The first-order valence-corrected chi connectivity index (χ1v) is 4.63. The Kier molecular flexibility index (Phi) is 2.37. The Balaban J connectivity index is 2.53. The van der Waals surface area contributed by atoms with Crippen molar-refractivity contribution in [2.45, 2.75) is 0 Å². The third-order valence-electron chi connectivity index (χ3n) is 2.33. The van der Waals surface area contributed by atoms with E-state index in [1.807, 2.05) is 6.07 Å². The fourth-order valence-corrected chi connectivity index (χ4v) is 1.61. The molecule has 0 N–H and O–H groups in total. The first-order valence-electron chi connectivity index (χ1n) is 4.63. The van der Waals surface area contributed by atoms with Crippen molar-refractivity contribution in [2.24, 2.45) is 0 Å². The SMILES string of the molecule is N#CC(C#N)=CC1=CC(=O)c2ccccc21.